The van der Waals surface area contributed by atoms with Gasteiger partial charge in [0.1, 0.15) is 5.82 Å². The number of carbonyl (C=O) groups excluding carboxylic acids is 1. The highest BCUT2D eigenvalue weighted by molar-refractivity contribution is 7.92. The van der Waals surface area contributed by atoms with E-state index in [0.717, 1.165) is 25.0 Å². The lowest BCUT2D eigenvalue weighted by Gasteiger charge is -2.14. The molecule has 2 N–H and O–H groups in total. The van der Waals surface area contributed by atoms with Crippen LogP contribution in [0.5, 0.6) is 0 Å². The van der Waals surface area contributed by atoms with Gasteiger partial charge in [-0.1, -0.05) is 18.2 Å². The largest absolute Gasteiger partial charge is 0.376 e. The maximum atomic E-state index is 13.3. The fraction of sp³-hybridized carbons (Fsp3) is 0.278. The molecule has 0 bridgehead atoms. The van der Waals surface area contributed by atoms with Crippen LogP contribution in [0.2, 0.25) is 0 Å². The molecule has 1 aliphatic rings. The number of benzene rings is 2. The Morgan fingerprint density at radius 2 is 2.00 bits per heavy atom. The Bertz CT molecular complexity index is 896. The first-order valence-corrected chi connectivity index (χ1v) is 9.71. The van der Waals surface area contributed by atoms with Crippen LogP contribution in [-0.2, 0) is 14.8 Å². The molecular formula is C18H19FN2O4S. The van der Waals surface area contributed by atoms with Crippen LogP contribution < -0.4 is 10.0 Å². The Morgan fingerprint density at radius 3 is 2.73 bits per heavy atom. The maximum Gasteiger partial charge on any atom is 0.262 e. The Labute approximate surface area is 151 Å². The van der Waals surface area contributed by atoms with E-state index in [-0.39, 0.29) is 22.3 Å². The summed E-state index contributed by atoms with van der Waals surface area (Å²) in [7, 11) is -4.02. The number of halogens is 1. The number of amides is 1. The number of hydrogen-bond donors (Lipinski definition) is 2. The molecule has 1 saturated heterocycles. The van der Waals surface area contributed by atoms with Gasteiger partial charge in [-0.3, -0.25) is 9.52 Å². The second kappa shape index (κ2) is 7.84. The molecule has 3 rings (SSSR count). The number of nitrogens with one attached hydrogen (secondary N) is 2. The predicted molar refractivity (Wildman–Crippen MR) is 95.0 cm³/mol. The summed E-state index contributed by atoms with van der Waals surface area (Å²) >= 11 is 0. The predicted octanol–water partition coefficient (Wildman–Crippen LogP) is 2.54. The Morgan fingerprint density at radius 1 is 1.19 bits per heavy atom. The lowest BCUT2D eigenvalue weighted by atomic mass is 10.1. The molecule has 138 valence electrons. The molecule has 6 nitrogen and oxygen atoms in total. The summed E-state index contributed by atoms with van der Waals surface area (Å²) in [6.45, 7) is 1.05. The Balaban J connectivity index is 1.77. The van der Waals surface area contributed by atoms with Crippen LogP contribution in [0.3, 0.4) is 0 Å². The quantitative estimate of drug-likeness (QED) is 0.809. The molecular weight excluding hydrogens is 359 g/mol. The van der Waals surface area contributed by atoms with Crippen LogP contribution in [0, 0.1) is 5.82 Å². The van der Waals surface area contributed by atoms with Crippen molar-refractivity contribution in [2.75, 3.05) is 17.9 Å². The fourth-order valence-electron chi connectivity index (χ4n) is 2.72. The number of sulfonamides is 1. The lowest BCUT2D eigenvalue weighted by molar-refractivity contribution is 0.0858. The van der Waals surface area contributed by atoms with E-state index in [1.807, 2.05) is 0 Å². The zero-order valence-electron chi connectivity index (χ0n) is 13.9. The van der Waals surface area contributed by atoms with Crippen molar-refractivity contribution in [3.63, 3.8) is 0 Å². The molecule has 2 aromatic carbocycles. The Hall–Kier alpha value is -2.45. The molecule has 1 unspecified atom stereocenters. The third-order valence-corrected chi connectivity index (χ3v) is 5.40. The molecule has 0 aromatic heterocycles. The average Bonchev–Trinajstić information content (AvgIpc) is 3.13. The van der Waals surface area contributed by atoms with E-state index in [1.54, 1.807) is 12.1 Å². The zero-order chi connectivity index (χ0) is 18.6. The highest BCUT2D eigenvalue weighted by Gasteiger charge is 2.21. The summed E-state index contributed by atoms with van der Waals surface area (Å²) in [5.41, 5.74) is 0.312. The normalized spacial score (nSPS) is 17.0. The summed E-state index contributed by atoms with van der Waals surface area (Å²) in [6.07, 6.45) is 1.83. The number of para-hydroxylation sites is 1. The molecule has 0 aliphatic carbocycles. The Kier molecular flexibility index (Phi) is 5.53. The number of anilines is 1. The maximum absolute atomic E-state index is 13.3. The second-order valence-electron chi connectivity index (χ2n) is 5.95. The average molecular weight is 378 g/mol. The summed E-state index contributed by atoms with van der Waals surface area (Å²) in [5.74, 6) is -1.06. The van der Waals surface area contributed by atoms with Gasteiger partial charge in [0.15, 0.2) is 0 Å². The van der Waals surface area contributed by atoms with Crippen molar-refractivity contribution < 1.29 is 22.3 Å². The van der Waals surface area contributed by atoms with Crippen molar-refractivity contribution >= 4 is 21.6 Å². The topological polar surface area (TPSA) is 84.5 Å². The highest BCUT2D eigenvalue weighted by Crippen LogP contribution is 2.21. The smallest absolute Gasteiger partial charge is 0.262 e. The number of rotatable bonds is 6. The first-order valence-electron chi connectivity index (χ1n) is 8.23. The summed E-state index contributed by atoms with van der Waals surface area (Å²) < 4.78 is 46.1. The molecule has 0 saturated carbocycles. The van der Waals surface area contributed by atoms with Crippen LogP contribution in [0.1, 0.15) is 23.2 Å². The van der Waals surface area contributed by atoms with Gasteiger partial charge in [-0.15, -0.1) is 0 Å². The SMILES string of the molecule is O=C(NCC1CCCO1)c1ccccc1NS(=O)(=O)c1cccc(F)c1. The lowest BCUT2D eigenvalue weighted by Crippen LogP contribution is -2.32. The minimum Gasteiger partial charge on any atom is -0.376 e. The van der Waals surface area contributed by atoms with Crippen molar-refractivity contribution in [1.29, 1.82) is 0 Å². The van der Waals surface area contributed by atoms with E-state index in [0.29, 0.717) is 13.2 Å². The molecule has 1 atom stereocenters. The van der Waals surface area contributed by atoms with Gasteiger partial charge in [-0.05, 0) is 43.2 Å². The number of carbonyl (C=O) groups is 1. The van der Waals surface area contributed by atoms with E-state index >= 15 is 0 Å². The van der Waals surface area contributed by atoms with Gasteiger partial charge >= 0.3 is 0 Å². The van der Waals surface area contributed by atoms with Gasteiger partial charge in [0.2, 0.25) is 0 Å². The van der Waals surface area contributed by atoms with Crippen LogP contribution in [0.15, 0.2) is 53.4 Å². The van der Waals surface area contributed by atoms with Crippen LogP contribution in [0.4, 0.5) is 10.1 Å². The minimum atomic E-state index is -4.02. The third kappa shape index (κ3) is 4.39. The molecule has 0 radical (unpaired) electrons. The summed E-state index contributed by atoms with van der Waals surface area (Å²) in [5, 5.41) is 2.76. The van der Waals surface area contributed by atoms with Crippen molar-refractivity contribution in [2.24, 2.45) is 0 Å². The van der Waals surface area contributed by atoms with Gasteiger partial charge in [0.25, 0.3) is 15.9 Å². The number of hydrogen-bond acceptors (Lipinski definition) is 4. The van der Waals surface area contributed by atoms with Gasteiger partial charge in [0.05, 0.1) is 22.3 Å². The molecule has 8 heteroatoms. The molecule has 1 amide bonds. The van der Waals surface area contributed by atoms with E-state index in [1.165, 1.54) is 24.3 Å². The molecule has 1 heterocycles. The van der Waals surface area contributed by atoms with Crippen molar-refractivity contribution in [3.05, 3.63) is 59.9 Å². The molecule has 1 fully saturated rings. The summed E-state index contributed by atoms with van der Waals surface area (Å²) in [4.78, 5) is 12.2. The number of ether oxygens (including phenoxy) is 1. The minimum absolute atomic E-state index is 0.0184. The molecule has 2 aromatic rings. The van der Waals surface area contributed by atoms with Crippen LogP contribution in [0.25, 0.3) is 0 Å². The zero-order valence-corrected chi connectivity index (χ0v) is 14.8. The monoisotopic (exact) mass is 378 g/mol. The third-order valence-electron chi connectivity index (χ3n) is 4.04. The molecule has 26 heavy (non-hydrogen) atoms. The van der Waals surface area contributed by atoms with Gasteiger partial charge in [-0.2, -0.15) is 0 Å². The van der Waals surface area contributed by atoms with Crippen LogP contribution >= 0.6 is 0 Å². The van der Waals surface area contributed by atoms with Crippen molar-refractivity contribution in [1.82, 2.24) is 5.32 Å². The van der Waals surface area contributed by atoms with Gasteiger partial charge < -0.3 is 10.1 Å². The van der Waals surface area contributed by atoms with Gasteiger partial charge in [-0.25, -0.2) is 12.8 Å². The fourth-order valence-corrected chi connectivity index (χ4v) is 3.83. The van der Waals surface area contributed by atoms with E-state index < -0.39 is 21.7 Å². The standard InChI is InChI=1S/C18H19FN2O4S/c19-13-5-3-7-15(11-13)26(23,24)21-17-9-2-1-8-16(17)18(22)20-12-14-6-4-10-25-14/h1-3,5,7-9,11,14,21H,4,6,10,12H2,(H,20,22). The summed E-state index contributed by atoms with van der Waals surface area (Å²) in [6, 6.07) is 10.9. The van der Waals surface area contributed by atoms with Crippen LogP contribution in [-0.4, -0.2) is 33.6 Å². The van der Waals surface area contributed by atoms with E-state index in [9.17, 15) is 17.6 Å². The highest BCUT2D eigenvalue weighted by atomic mass is 32.2. The van der Waals surface area contributed by atoms with Crippen molar-refractivity contribution in [2.45, 2.75) is 23.8 Å². The first-order chi connectivity index (χ1) is 12.5. The van der Waals surface area contributed by atoms with E-state index in [4.69, 9.17) is 4.74 Å². The second-order valence-corrected chi connectivity index (χ2v) is 7.64. The first kappa shape index (κ1) is 18.3. The molecule has 0 spiro atoms. The molecule has 1 aliphatic heterocycles. The van der Waals surface area contributed by atoms with Gasteiger partial charge in [0, 0.05) is 13.2 Å². The van der Waals surface area contributed by atoms with E-state index in [2.05, 4.69) is 10.0 Å². The van der Waals surface area contributed by atoms with Crippen molar-refractivity contribution in [3.8, 4) is 0 Å².